The van der Waals surface area contributed by atoms with Crippen LogP contribution in [0.2, 0.25) is 0 Å². The van der Waals surface area contributed by atoms with Gasteiger partial charge in [-0.05, 0) is 28.1 Å². The van der Waals surface area contributed by atoms with E-state index in [1.807, 2.05) is 0 Å². The molecule has 0 aliphatic rings. The number of halogens is 1. The van der Waals surface area contributed by atoms with Crippen molar-refractivity contribution >= 4 is 33.3 Å². The molecule has 0 fully saturated rings. The molecule has 0 saturated carbocycles. The van der Waals surface area contributed by atoms with Gasteiger partial charge in [-0.3, -0.25) is 9.59 Å². The molecular weight excluding hydrogens is 248 g/mol. The summed E-state index contributed by atoms with van der Waals surface area (Å²) in [5.74, 6) is -1.02. The van der Waals surface area contributed by atoms with Gasteiger partial charge in [0.2, 0.25) is 5.78 Å². The molecule has 1 N–H and O–H groups in total. The van der Waals surface area contributed by atoms with Crippen molar-refractivity contribution < 1.29 is 9.59 Å². The first-order chi connectivity index (χ1) is 6.63. The van der Waals surface area contributed by atoms with Crippen molar-refractivity contribution in [3.63, 3.8) is 0 Å². The number of aromatic nitrogens is 1. The first-order valence-electron chi connectivity index (χ1n) is 4.09. The van der Waals surface area contributed by atoms with Gasteiger partial charge in [0.05, 0.1) is 0 Å². The van der Waals surface area contributed by atoms with Gasteiger partial charge in [0.25, 0.3) is 5.91 Å². The first kappa shape index (κ1) is 10.8. The summed E-state index contributed by atoms with van der Waals surface area (Å²) in [5, 5.41) is 2.47. The number of nitrogens with one attached hydrogen (secondary N) is 1. The Morgan fingerprint density at radius 3 is 2.86 bits per heavy atom. The molecule has 1 heterocycles. The molecule has 14 heavy (non-hydrogen) atoms. The van der Waals surface area contributed by atoms with Gasteiger partial charge in [0, 0.05) is 18.3 Å². The SMILES string of the molecule is CCC(=O)C(=O)Nc1ccnc(Br)c1. The van der Waals surface area contributed by atoms with Gasteiger partial charge < -0.3 is 5.32 Å². The number of carbonyl (C=O) groups excluding carboxylic acids is 2. The highest BCUT2D eigenvalue weighted by Gasteiger charge is 2.10. The molecule has 0 aliphatic carbocycles. The maximum absolute atomic E-state index is 11.2. The van der Waals surface area contributed by atoms with Gasteiger partial charge in [-0.15, -0.1) is 0 Å². The Morgan fingerprint density at radius 2 is 2.29 bits per heavy atom. The van der Waals surface area contributed by atoms with E-state index in [-0.39, 0.29) is 6.42 Å². The van der Waals surface area contributed by atoms with Crippen LogP contribution in [0.1, 0.15) is 13.3 Å². The molecule has 0 radical (unpaired) electrons. The predicted molar refractivity (Wildman–Crippen MR) is 55.9 cm³/mol. The minimum absolute atomic E-state index is 0.206. The normalized spacial score (nSPS) is 9.57. The Morgan fingerprint density at radius 1 is 1.57 bits per heavy atom. The fraction of sp³-hybridized carbons (Fsp3) is 0.222. The zero-order valence-electron chi connectivity index (χ0n) is 7.58. The quantitative estimate of drug-likeness (QED) is 0.663. The molecule has 1 aromatic heterocycles. The Bertz CT molecular complexity index is 366. The van der Waals surface area contributed by atoms with Crippen LogP contribution in [0, 0.1) is 0 Å². The second-order valence-electron chi connectivity index (χ2n) is 2.60. The summed E-state index contributed by atoms with van der Waals surface area (Å²) < 4.78 is 0.610. The fourth-order valence-corrected chi connectivity index (χ4v) is 1.21. The number of Topliss-reactive ketones (excluding diaryl/α,β-unsaturated/α-hetero) is 1. The largest absolute Gasteiger partial charge is 0.319 e. The smallest absolute Gasteiger partial charge is 0.291 e. The molecule has 4 nitrogen and oxygen atoms in total. The zero-order valence-corrected chi connectivity index (χ0v) is 9.17. The number of hydrogen-bond acceptors (Lipinski definition) is 3. The summed E-state index contributed by atoms with van der Waals surface area (Å²) in [7, 11) is 0. The maximum atomic E-state index is 11.2. The van der Waals surface area contributed by atoms with E-state index in [1.54, 1.807) is 19.1 Å². The molecule has 1 rings (SSSR count). The van der Waals surface area contributed by atoms with Gasteiger partial charge >= 0.3 is 0 Å². The van der Waals surface area contributed by atoms with Crippen LogP contribution in [0.5, 0.6) is 0 Å². The minimum atomic E-state index is -0.592. The third-order valence-electron chi connectivity index (χ3n) is 1.56. The maximum Gasteiger partial charge on any atom is 0.291 e. The van der Waals surface area contributed by atoms with Crippen LogP contribution in [0.25, 0.3) is 0 Å². The number of rotatable bonds is 3. The minimum Gasteiger partial charge on any atom is -0.319 e. The predicted octanol–water partition coefficient (Wildman–Crippen LogP) is 1.76. The monoisotopic (exact) mass is 256 g/mol. The van der Waals surface area contributed by atoms with Crippen molar-refractivity contribution in [3.8, 4) is 0 Å². The van der Waals surface area contributed by atoms with Crippen molar-refractivity contribution in [3.05, 3.63) is 22.9 Å². The number of carbonyl (C=O) groups is 2. The lowest BCUT2D eigenvalue weighted by Gasteiger charge is -2.02. The third-order valence-corrected chi connectivity index (χ3v) is 1.99. The third kappa shape index (κ3) is 2.92. The topological polar surface area (TPSA) is 59.1 Å². The molecule has 0 atom stereocenters. The lowest BCUT2D eigenvalue weighted by Crippen LogP contribution is -2.21. The van der Waals surface area contributed by atoms with Gasteiger partial charge in [-0.1, -0.05) is 6.92 Å². The van der Waals surface area contributed by atoms with Crippen LogP contribution in [-0.2, 0) is 9.59 Å². The molecule has 0 aromatic carbocycles. The summed E-state index contributed by atoms with van der Waals surface area (Å²) in [4.78, 5) is 26.0. The standard InChI is InChI=1S/C9H9BrN2O2/c1-2-7(13)9(14)12-6-3-4-11-8(10)5-6/h3-5H,2H2,1H3,(H,11,12,14). The summed E-state index contributed by atoms with van der Waals surface area (Å²) >= 11 is 3.16. The molecule has 0 bridgehead atoms. The van der Waals surface area contributed by atoms with E-state index in [9.17, 15) is 9.59 Å². The second kappa shape index (κ2) is 4.85. The van der Waals surface area contributed by atoms with Crippen molar-refractivity contribution in [2.75, 3.05) is 5.32 Å². The zero-order chi connectivity index (χ0) is 10.6. The lowest BCUT2D eigenvalue weighted by atomic mass is 10.3. The van der Waals surface area contributed by atoms with E-state index in [0.717, 1.165) is 0 Å². The van der Waals surface area contributed by atoms with Gasteiger partial charge in [-0.25, -0.2) is 4.98 Å². The number of hydrogen-bond donors (Lipinski definition) is 1. The summed E-state index contributed by atoms with van der Waals surface area (Å²) in [6.45, 7) is 1.64. The Kier molecular flexibility index (Phi) is 3.76. The van der Waals surface area contributed by atoms with Gasteiger partial charge in [-0.2, -0.15) is 0 Å². The van der Waals surface area contributed by atoms with Gasteiger partial charge in [0.1, 0.15) is 4.60 Å². The van der Waals surface area contributed by atoms with Crippen LogP contribution < -0.4 is 5.32 Å². The summed E-state index contributed by atoms with van der Waals surface area (Å²) in [6, 6.07) is 3.24. The second-order valence-corrected chi connectivity index (χ2v) is 3.41. The average Bonchev–Trinajstić information content (AvgIpc) is 2.16. The van der Waals surface area contributed by atoms with Crippen molar-refractivity contribution in [1.82, 2.24) is 4.98 Å². The number of pyridine rings is 1. The summed E-state index contributed by atoms with van der Waals surface area (Å²) in [5.41, 5.74) is 0.554. The Balaban J connectivity index is 2.70. The number of anilines is 1. The van der Waals surface area contributed by atoms with Gasteiger partial charge in [0.15, 0.2) is 0 Å². The molecule has 74 valence electrons. The van der Waals surface area contributed by atoms with E-state index < -0.39 is 11.7 Å². The highest BCUT2D eigenvalue weighted by atomic mass is 79.9. The molecule has 1 aromatic rings. The van der Waals surface area contributed by atoms with Crippen molar-refractivity contribution in [1.29, 1.82) is 0 Å². The number of nitrogens with zero attached hydrogens (tertiary/aromatic N) is 1. The van der Waals surface area contributed by atoms with E-state index in [1.165, 1.54) is 6.20 Å². The van der Waals surface area contributed by atoms with Crippen LogP contribution >= 0.6 is 15.9 Å². The van der Waals surface area contributed by atoms with Crippen LogP contribution in [0.4, 0.5) is 5.69 Å². The molecule has 0 spiro atoms. The van der Waals surface area contributed by atoms with Crippen LogP contribution in [0.3, 0.4) is 0 Å². The molecule has 0 unspecified atom stereocenters. The van der Waals surface area contributed by atoms with Crippen LogP contribution in [-0.4, -0.2) is 16.7 Å². The van der Waals surface area contributed by atoms with Crippen molar-refractivity contribution in [2.24, 2.45) is 0 Å². The van der Waals surface area contributed by atoms with E-state index in [2.05, 4.69) is 26.2 Å². The highest BCUT2D eigenvalue weighted by Crippen LogP contribution is 2.12. The molecular formula is C9H9BrN2O2. The highest BCUT2D eigenvalue weighted by molar-refractivity contribution is 9.10. The lowest BCUT2D eigenvalue weighted by molar-refractivity contribution is -0.134. The first-order valence-corrected chi connectivity index (χ1v) is 4.88. The van der Waals surface area contributed by atoms with E-state index in [0.29, 0.717) is 10.3 Å². The number of ketones is 1. The van der Waals surface area contributed by atoms with Crippen LogP contribution in [0.15, 0.2) is 22.9 Å². The summed E-state index contributed by atoms with van der Waals surface area (Å²) in [6.07, 6.45) is 1.74. The van der Waals surface area contributed by atoms with Crippen molar-refractivity contribution in [2.45, 2.75) is 13.3 Å². The molecule has 0 saturated heterocycles. The molecule has 0 aliphatic heterocycles. The molecule has 1 amide bonds. The average molecular weight is 257 g/mol. The molecule has 5 heteroatoms. The fourth-order valence-electron chi connectivity index (χ4n) is 0.842. The van der Waals surface area contributed by atoms with E-state index in [4.69, 9.17) is 0 Å². The Labute approximate surface area is 89.9 Å². The Hall–Kier alpha value is -1.23. The van der Waals surface area contributed by atoms with E-state index >= 15 is 0 Å². The number of amides is 1.